The molecule has 0 aliphatic heterocycles. The fraction of sp³-hybridized carbons (Fsp3) is 0.364. The Labute approximate surface area is 88.9 Å². The summed E-state index contributed by atoms with van der Waals surface area (Å²) in [5, 5.41) is 2.67. The van der Waals surface area contributed by atoms with Crippen LogP contribution in [0.1, 0.15) is 13.3 Å². The highest BCUT2D eigenvalue weighted by Crippen LogP contribution is 2.08. The first-order chi connectivity index (χ1) is 7.13. The van der Waals surface area contributed by atoms with Crippen molar-refractivity contribution >= 4 is 11.7 Å². The smallest absolute Gasteiger partial charge is 0.321 e. The molecule has 15 heavy (non-hydrogen) atoms. The summed E-state index contributed by atoms with van der Waals surface area (Å²) in [7, 11) is 1.72. The van der Waals surface area contributed by atoms with E-state index < -0.39 is 0 Å². The van der Waals surface area contributed by atoms with Gasteiger partial charge < -0.3 is 10.2 Å². The molecule has 0 unspecified atom stereocenters. The van der Waals surface area contributed by atoms with Crippen molar-refractivity contribution in [2.45, 2.75) is 13.3 Å². The van der Waals surface area contributed by atoms with Gasteiger partial charge in [0.05, 0.1) is 0 Å². The van der Waals surface area contributed by atoms with E-state index in [-0.39, 0.29) is 11.8 Å². The molecule has 0 aliphatic rings. The molecule has 1 rings (SSSR count). The number of anilines is 1. The van der Waals surface area contributed by atoms with Crippen LogP contribution in [0.5, 0.6) is 0 Å². The van der Waals surface area contributed by atoms with Gasteiger partial charge in [-0.1, -0.05) is 6.92 Å². The molecule has 0 fully saturated rings. The van der Waals surface area contributed by atoms with Gasteiger partial charge in [0.1, 0.15) is 5.82 Å². The molecule has 0 radical (unpaired) electrons. The molecule has 0 aliphatic carbocycles. The molecule has 0 bridgehead atoms. The quantitative estimate of drug-likeness (QED) is 0.817. The Kier molecular flexibility index (Phi) is 4.09. The number of rotatable bonds is 3. The number of nitrogens with one attached hydrogen (secondary N) is 1. The fourth-order valence-corrected chi connectivity index (χ4v) is 1.19. The van der Waals surface area contributed by atoms with Crippen molar-refractivity contribution in [1.82, 2.24) is 4.90 Å². The monoisotopic (exact) mass is 210 g/mol. The zero-order valence-electron chi connectivity index (χ0n) is 8.96. The summed E-state index contributed by atoms with van der Waals surface area (Å²) in [6, 6.07) is 5.52. The number of hydrogen-bond donors (Lipinski definition) is 1. The summed E-state index contributed by atoms with van der Waals surface area (Å²) >= 11 is 0. The third-order valence-corrected chi connectivity index (χ3v) is 2.00. The second-order valence-corrected chi connectivity index (χ2v) is 3.36. The van der Waals surface area contributed by atoms with Gasteiger partial charge in [-0.2, -0.15) is 0 Å². The highest BCUT2D eigenvalue weighted by Gasteiger charge is 2.06. The number of hydrogen-bond acceptors (Lipinski definition) is 1. The van der Waals surface area contributed by atoms with Crippen LogP contribution in [0.4, 0.5) is 14.9 Å². The van der Waals surface area contributed by atoms with Crippen LogP contribution in [-0.2, 0) is 0 Å². The Morgan fingerprint density at radius 2 is 2.00 bits per heavy atom. The van der Waals surface area contributed by atoms with E-state index in [0.717, 1.165) is 6.42 Å². The third kappa shape index (κ3) is 3.58. The van der Waals surface area contributed by atoms with Gasteiger partial charge >= 0.3 is 6.03 Å². The van der Waals surface area contributed by atoms with Crippen LogP contribution in [0.2, 0.25) is 0 Å². The number of amides is 2. The number of nitrogens with zero attached hydrogens (tertiary/aromatic N) is 1. The molecular formula is C11H15FN2O. The number of halogens is 1. The fourth-order valence-electron chi connectivity index (χ4n) is 1.19. The van der Waals surface area contributed by atoms with E-state index in [0.29, 0.717) is 12.2 Å². The number of urea groups is 1. The second kappa shape index (κ2) is 5.34. The number of benzene rings is 1. The maximum Gasteiger partial charge on any atom is 0.321 e. The SMILES string of the molecule is CCCN(C)C(=O)Nc1ccc(F)cc1. The lowest BCUT2D eigenvalue weighted by atomic mass is 10.3. The van der Waals surface area contributed by atoms with Gasteiger partial charge in [-0.25, -0.2) is 9.18 Å². The van der Waals surface area contributed by atoms with E-state index in [1.165, 1.54) is 24.3 Å². The highest BCUT2D eigenvalue weighted by atomic mass is 19.1. The van der Waals surface area contributed by atoms with Crippen LogP contribution >= 0.6 is 0 Å². The van der Waals surface area contributed by atoms with E-state index in [1.807, 2.05) is 6.92 Å². The molecule has 82 valence electrons. The number of carbonyl (C=O) groups excluding carboxylic acids is 1. The predicted octanol–water partition coefficient (Wildman–Crippen LogP) is 2.70. The van der Waals surface area contributed by atoms with Crippen LogP contribution in [-0.4, -0.2) is 24.5 Å². The zero-order chi connectivity index (χ0) is 11.3. The molecule has 1 N–H and O–H groups in total. The molecule has 0 spiro atoms. The molecule has 0 heterocycles. The van der Waals surface area contributed by atoms with E-state index in [9.17, 15) is 9.18 Å². The Hall–Kier alpha value is -1.58. The van der Waals surface area contributed by atoms with Crippen LogP contribution in [0.3, 0.4) is 0 Å². The number of carbonyl (C=O) groups is 1. The maximum absolute atomic E-state index is 12.6. The summed E-state index contributed by atoms with van der Waals surface area (Å²) in [4.78, 5) is 13.1. The summed E-state index contributed by atoms with van der Waals surface area (Å²) in [6.07, 6.45) is 0.910. The molecule has 4 heteroatoms. The van der Waals surface area contributed by atoms with Crippen molar-refractivity contribution in [1.29, 1.82) is 0 Å². The lowest BCUT2D eigenvalue weighted by Gasteiger charge is -2.16. The summed E-state index contributed by atoms with van der Waals surface area (Å²) in [5.41, 5.74) is 0.601. The molecule has 3 nitrogen and oxygen atoms in total. The van der Waals surface area contributed by atoms with E-state index in [1.54, 1.807) is 11.9 Å². The van der Waals surface area contributed by atoms with Crippen molar-refractivity contribution in [3.8, 4) is 0 Å². The molecular weight excluding hydrogens is 195 g/mol. The van der Waals surface area contributed by atoms with Crippen molar-refractivity contribution in [2.75, 3.05) is 18.9 Å². The van der Waals surface area contributed by atoms with E-state index in [4.69, 9.17) is 0 Å². The Bertz CT molecular complexity index is 324. The van der Waals surface area contributed by atoms with E-state index in [2.05, 4.69) is 5.32 Å². The molecule has 1 aromatic rings. The summed E-state index contributed by atoms with van der Waals surface area (Å²) in [6.45, 7) is 2.70. The van der Waals surface area contributed by atoms with Crippen molar-refractivity contribution < 1.29 is 9.18 Å². The Morgan fingerprint density at radius 1 is 1.40 bits per heavy atom. The van der Waals surface area contributed by atoms with Gasteiger partial charge in [0, 0.05) is 19.3 Å². The topological polar surface area (TPSA) is 32.3 Å². The maximum atomic E-state index is 12.6. The van der Waals surface area contributed by atoms with Crippen LogP contribution in [0, 0.1) is 5.82 Å². The second-order valence-electron chi connectivity index (χ2n) is 3.36. The minimum atomic E-state index is -0.310. The van der Waals surface area contributed by atoms with Gasteiger partial charge in [0.25, 0.3) is 0 Å². The zero-order valence-corrected chi connectivity index (χ0v) is 8.96. The van der Waals surface area contributed by atoms with Gasteiger partial charge in [-0.3, -0.25) is 0 Å². The standard InChI is InChI=1S/C11H15FN2O/c1-3-8-14(2)11(15)13-10-6-4-9(12)5-7-10/h4-7H,3,8H2,1-2H3,(H,13,15). The average molecular weight is 210 g/mol. The van der Waals surface area contributed by atoms with Gasteiger partial charge in [-0.05, 0) is 30.7 Å². The largest absolute Gasteiger partial charge is 0.328 e. The van der Waals surface area contributed by atoms with Crippen LogP contribution in [0.15, 0.2) is 24.3 Å². The van der Waals surface area contributed by atoms with Crippen molar-refractivity contribution in [2.24, 2.45) is 0 Å². The Morgan fingerprint density at radius 3 is 2.53 bits per heavy atom. The minimum absolute atomic E-state index is 0.177. The van der Waals surface area contributed by atoms with Crippen molar-refractivity contribution in [3.05, 3.63) is 30.1 Å². The Balaban J connectivity index is 2.54. The minimum Gasteiger partial charge on any atom is -0.328 e. The molecule has 0 aromatic heterocycles. The normalized spacial score (nSPS) is 9.80. The van der Waals surface area contributed by atoms with Gasteiger partial charge in [0.2, 0.25) is 0 Å². The highest BCUT2D eigenvalue weighted by molar-refractivity contribution is 5.89. The molecule has 1 aromatic carbocycles. The first kappa shape index (κ1) is 11.5. The first-order valence-corrected chi connectivity index (χ1v) is 4.91. The first-order valence-electron chi connectivity index (χ1n) is 4.91. The van der Waals surface area contributed by atoms with Crippen LogP contribution in [0.25, 0.3) is 0 Å². The molecule has 2 amide bonds. The van der Waals surface area contributed by atoms with E-state index >= 15 is 0 Å². The average Bonchev–Trinajstić information content (AvgIpc) is 2.22. The summed E-state index contributed by atoms with van der Waals surface area (Å²) in [5.74, 6) is -0.310. The summed E-state index contributed by atoms with van der Waals surface area (Å²) < 4.78 is 12.6. The van der Waals surface area contributed by atoms with Crippen LogP contribution < -0.4 is 5.32 Å². The van der Waals surface area contributed by atoms with Gasteiger partial charge in [-0.15, -0.1) is 0 Å². The van der Waals surface area contributed by atoms with Crippen molar-refractivity contribution in [3.63, 3.8) is 0 Å². The predicted molar refractivity (Wildman–Crippen MR) is 58.3 cm³/mol. The molecule has 0 atom stereocenters. The van der Waals surface area contributed by atoms with Gasteiger partial charge in [0.15, 0.2) is 0 Å². The molecule has 0 saturated carbocycles. The lowest BCUT2D eigenvalue weighted by molar-refractivity contribution is 0.222. The lowest BCUT2D eigenvalue weighted by Crippen LogP contribution is -2.31. The molecule has 0 saturated heterocycles. The third-order valence-electron chi connectivity index (χ3n) is 2.00.